The van der Waals surface area contributed by atoms with Gasteiger partial charge in [0.1, 0.15) is 5.82 Å². The zero-order chi connectivity index (χ0) is 16.2. The maximum atomic E-state index is 12.1. The van der Waals surface area contributed by atoms with Gasteiger partial charge in [0.2, 0.25) is 0 Å². The lowest BCUT2D eigenvalue weighted by Gasteiger charge is -2.06. The quantitative estimate of drug-likeness (QED) is 0.695. The number of halogens is 1. The summed E-state index contributed by atoms with van der Waals surface area (Å²) in [4.78, 5) is 16.7. The van der Waals surface area contributed by atoms with E-state index in [2.05, 4.69) is 36.9 Å². The molecule has 3 rings (SSSR count). The normalized spacial score (nSPS) is 10.9. The summed E-state index contributed by atoms with van der Waals surface area (Å²) in [6.07, 6.45) is 1.70. The van der Waals surface area contributed by atoms with Crippen molar-refractivity contribution in [2.45, 2.75) is 12.8 Å². The topological polar surface area (TPSA) is 46.9 Å². The fraction of sp³-hybridized carbons (Fsp3) is 0.222. The van der Waals surface area contributed by atoms with E-state index < -0.39 is 0 Å². The number of hydrogen-bond donors (Lipinski definition) is 1. The highest BCUT2D eigenvalue weighted by atomic mass is 79.9. The number of imidazole rings is 1. The maximum Gasteiger partial charge on any atom is 0.251 e. The summed E-state index contributed by atoms with van der Waals surface area (Å²) in [6, 6.07) is 15.5. The molecule has 0 radical (unpaired) electrons. The molecule has 118 valence electrons. The molecule has 0 aliphatic rings. The van der Waals surface area contributed by atoms with E-state index in [0.717, 1.165) is 34.2 Å². The summed E-state index contributed by atoms with van der Waals surface area (Å²) in [6.45, 7) is 0.633. The zero-order valence-corrected chi connectivity index (χ0v) is 14.5. The minimum Gasteiger partial charge on any atom is -0.352 e. The SMILES string of the molecule is Cn1c(CCCNC(=O)c2cccc(Br)c2)nc2ccccc21. The average Bonchev–Trinajstić information content (AvgIpc) is 2.88. The Hall–Kier alpha value is -2.14. The van der Waals surface area contributed by atoms with Crippen LogP contribution in [0.2, 0.25) is 0 Å². The number of rotatable bonds is 5. The van der Waals surface area contributed by atoms with Gasteiger partial charge in [-0.2, -0.15) is 0 Å². The van der Waals surface area contributed by atoms with Gasteiger partial charge in [0.05, 0.1) is 11.0 Å². The van der Waals surface area contributed by atoms with Crippen LogP contribution < -0.4 is 5.32 Å². The van der Waals surface area contributed by atoms with Gasteiger partial charge in [-0.3, -0.25) is 4.79 Å². The molecular weight excluding hydrogens is 354 g/mol. The molecule has 2 aromatic carbocycles. The second kappa shape index (κ2) is 6.96. The molecule has 4 nitrogen and oxygen atoms in total. The van der Waals surface area contributed by atoms with Crippen LogP contribution in [0.1, 0.15) is 22.6 Å². The number of hydrogen-bond acceptors (Lipinski definition) is 2. The zero-order valence-electron chi connectivity index (χ0n) is 12.9. The Balaban J connectivity index is 1.55. The van der Waals surface area contributed by atoms with Crippen LogP contribution in [0, 0.1) is 0 Å². The Kier molecular flexibility index (Phi) is 4.76. The lowest BCUT2D eigenvalue weighted by Crippen LogP contribution is -2.24. The summed E-state index contributed by atoms with van der Waals surface area (Å²) in [5, 5.41) is 2.95. The molecule has 0 atom stereocenters. The van der Waals surface area contributed by atoms with Crippen LogP contribution in [0.5, 0.6) is 0 Å². The van der Waals surface area contributed by atoms with E-state index in [1.165, 1.54) is 0 Å². The van der Waals surface area contributed by atoms with Gasteiger partial charge >= 0.3 is 0 Å². The van der Waals surface area contributed by atoms with Gasteiger partial charge in [0.25, 0.3) is 5.91 Å². The van der Waals surface area contributed by atoms with Crippen molar-refractivity contribution in [3.63, 3.8) is 0 Å². The van der Waals surface area contributed by atoms with E-state index in [1.807, 2.05) is 49.5 Å². The molecule has 5 heteroatoms. The van der Waals surface area contributed by atoms with Crippen LogP contribution in [0.15, 0.2) is 53.0 Å². The lowest BCUT2D eigenvalue weighted by molar-refractivity contribution is 0.0953. The molecular formula is C18H18BrN3O. The number of benzene rings is 2. The molecule has 23 heavy (non-hydrogen) atoms. The van der Waals surface area contributed by atoms with Crippen LogP contribution in [0.4, 0.5) is 0 Å². The second-order valence-electron chi connectivity index (χ2n) is 5.45. The van der Waals surface area contributed by atoms with Crippen LogP contribution >= 0.6 is 15.9 Å². The Morgan fingerprint density at radius 1 is 1.22 bits per heavy atom. The number of aryl methyl sites for hydroxylation is 2. The molecule has 0 aliphatic carbocycles. The third kappa shape index (κ3) is 3.62. The molecule has 0 spiro atoms. The highest BCUT2D eigenvalue weighted by molar-refractivity contribution is 9.10. The summed E-state index contributed by atoms with van der Waals surface area (Å²) in [5.74, 6) is 0.999. The monoisotopic (exact) mass is 371 g/mol. The predicted octanol–water partition coefficient (Wildman–Crippen LogP) is 3.70. The molecule has 0 saturated carbocycles. The highest BCUT2D eigenvalue weighted by Gasteiger charge is 2.08. The van der Waals surface area contributed by atoms with Crippen molar-refractivity contribution in [1.29, 1.82) is 0 Å². The smallest absolute Gasteiger partial charge is 0.251 e. The van der Waals surface area contributed by atoms with Crippen LogP contribution in [0.25, 0.3) is 11.0 Å². The average molecular weight is 372 g/mol. The van der Waals surface area contributed by atoms with Gasteiger partial charge in [-0.1, -0.05) is 34.1 Å². The molecule has 1 amide bonds. The van der Waals surface area contributed by atoms with Crippen molar-refractivity contribution < 1.29 is 4.79 Å². The molecule has 0 saturated heterocycles. The molecule has 1 N–H and O–H groups in total. The fourth-order valence-corrected chi connectivity index (χ4v) is 3.00. The summed E-state index contributed by atoms with van der Waals surface area (Å²) < 4.78 is 3.02. The minimum atomic E-state index is -0.0451. The summed E-state index contributed by atoms with van der Waals surface area (Å²) >= 11 is 3.38. The first-order chi connectivity index (χ1) is 11.1. The first-order valence-corrected chi connectivity index (χ1v) is 8.38. The van der Waals surface area contributed by atoms with Crippen LogP contribution in [-0.4, -0.2) is 22.0 Å². The van der Waals surface area contributed by atoms with Gasteiger partial charge in [-0.25, -0.2) is 4.98 Å². The van der Waals surface area contributed by atoms with E-state index in [-0.39, 0.29) is 5.91 Å². The Bertz CT molecular complexity index is 841. The van der Waals surface area contributed by atoms with Crippen molar-refractivity contribution >= 4 is 32.9 Å². The van der Waals surface area contributed by atoms with E-state index in [4.69, 9.17) is 0 Å². The minimum absolute atomic E-state index is 0.0451. The number of nitrogens with one attached hydrogen (secondary N) is 1. The van der Waals surface area contributed by atoms with Gasteiger partial charge < -0.3 is 9.88 Å². The summed E-state index contributed by atoms with van der Waals surface area (Å²) in [5.41, 5.74) is 2.82. The largest absolute Gasteiger partial charge is 0.352 e. The molecule has 3 aromatic rings. The molecule has 0 aliphatic heterocycles. The molecule has 1 heterocycles. The van der Waals surface area contributed by atoms with E-state index >= 15 is 0 Å². The van der Waals surface area contributed by atoms with Gasteiger partial charge in [-0.15, -0.1) is 0 Å². The second-order valence-corrected chi connectivity index (χ2v) is 6.36. The van der Waals surface area contributed by atoms with Crippen LogP contribution in [0.3, 0.4) is 0 Å². The lowest BCUT2D eigenvalue weighted by atomic mass is 10.2. The van der Waals surface area contributed by atoms with Crippen molar-refractivity contribution in [3.05, 3.63) is 64.4 Å². The number of amides is 1. The Morgan fingerprint density at radius 2 is 2.04 bits per heavy atom. The number of para-hydroxylation sites is 2. The number of fused-ring (bicyclic) bond motifs is 1. The Morgan fingerprint density at radius 3 is 2.83 bits per heavy atom. The predicted molar refractivity (Wildman–Crippen MR) is 95.5 cm³/mol. The number of carbonyl (C=O) groups excluding carboxylic acids is 1. The maximum absolute atomic E-state index is 12.1. The standard InChI is InChI=1S/C18H18BrN3O/c1-22-16-9-3-2-8-15(16)21-17(22)10-5-11-20-18(23)13-6-4-7-14(19)12-13/h2-4,6-9,12H,5,10-11H2,1H3,(H,20,23). The Labute approximate surface area is 143 Å². The third-order valence-corrected chi connectivity index (χ3v) is 4.32. The van der Waals surface area contributed by atoms with Gasteiger partial charge in [-0.05, 0) is 36.8 Å². The first kappa shape index (κ1) is 15.7. The molecule has 0 unspecified atom stereocenters. The molecule has 0 fully saturated rings. The number of nitrogens with zero attached hydrogens (tertiary/aromatic N) is 2. The van der Waals surface area contributed by atoms with E-state index in [0.29, 0.717) is 12.1 Å². The van der Waals surface area contributed by atoms with Crippen molar-refractivity contribution in [2.75, 3.05) is 6.54 Å². The summed E-state index contributed by atoms with van der Waals surface area (Å²) in [7, 11) is 2.03. The number of carbonyl (C=O) groups is 1. The van der Waals surface area contributed by atoms with E-state index in [9.17, 15) is 4.79 Å². The van der Waals surface area contributed by atoms with E-state index in [1.54, 1.807) is 0 Å². The first-order valence-electron chi connectivity index (χ1n) is 7.59. The van der Waals surface area contributed by atoms with Gasteiger partial charge in [0.15, 0.2) is 0 Å². The van der Waals surface area contributed by atoms with Crippen molar-refractivity contribution in [3.8, 4) is 0 Å². The third-order valence-electron chi connectivity index (χ3n) is 3.83. The van der Waals surface area contributed by atoms with Gasteiger partial charge in [0, 0.05) is 30.0 Å². The highest BCUT2D eigenvalue weighted by Crippen LogP contribution is 2.15. The fourth-order valence-electron chi connectivity index (χ4n) is 2.60. The van der Waals surface area contributed by atoms with Crippen LogP contribution in [-0.2, 0) is 13.5 Å². The molecule has 1 aromatic heterocycles. The molecule has 0 bridgehead atoms. The van der Waals surface area contributed by atoms with Crippen molar-refractivity contribution in [2.24, 2.45) is 7.05 Å². The number of aromatic nitrogens is 2. The van der Waals surface area contributed by atoms with Crippen molar-refractivity contribution in [1.82, 2.24) is 14.9 Å².